The zero-order valence-electron chi connectivity index (χ0n) is 5.46. The van der Waals surface area contributed by atoms with Crippen LogP contribution in [-0.4, -0.2) is 11.1 Å². The molecule has 0 bridgehead atoms. The van der Waals surface area contributed by atoms with Crippen molar-refractivity contribution in [1.82, 2.24) is 0 Å². The molecule has 9 heavy (non-hydrogen) atoms. The van der Waals surface area contributed by atoms with E-state index in [9.17, 15) is 0 Å². The summed E-state index contributed by atoms with van der Waals surface area (Å²) in [6.07, 6.45) is 4.33. The van der Waals surface area contributed by atoms with Crippen LogP contribution in [0.1, 0.15) is 13.3 Å². The molecule has 3 N–H and O–H groups in total. The molecule has 0 unspecified atom stereocenters. The summed E-state index contributed by atoms with van der Waals surface area (Å²) < 4.78 is 0. The topological polar surface area (TPSA) is 46.2 Å². The highest BCUT2D eigenvalue weighted by Gasteiger charge is 2.07. The van der Waals surface area contributed by atoms with Crippen molar-refractivity contribution in [2.24, 2.45) is 5.73 Å². The summed E-state index contributed by atoms with van der Waals surface area (Å²) in [7, 11) is 0. The quantitative estimate of drug-likeness (QED) is 0.509. The molecule has 2 nitrogen and oxygen atoms in total. The highest BCUT2D eigenvalue weighted by Crippen LogP contribution is 2.14. The lowest BCUT2D eigenvalue weighted by atomic mass is 10.0. The van der Waals surface area contributed by atoms with E-state index in [4.69, 9.17) is 10.8 Å². The predicted molar refractivity (Wildman–Crippen MR) is 37.1 cm³/mol. The van der Waals surface area contributed by atoms with Gasteiger partial charge in [0, 0.05) is 12.5 Å². The summed E-state index contributed by atoms with van der Waals surface area (Å²) in [6.45, 7) is 1.87. The van der Waals surface area contributed by atoms with E-state index in [0.29, 0.717) is 12.2 Å². The maximum absolute atomic E-state index is 9.10. The Bertz CT molecular complexity index is 170. The van der Waals surface area contributed by atoms with Crippen molar-refractivity contribution in [1.29, 1.82) is 0 Å². The Balaban J connectivity index is 2.75. The molecule has 0 spiro atoms. The van der Waals surface area contributed by atoms with Crippen LogP contribution < -0.4 is 5.73 Å². The number of rotatable bonds is 0. The second-order valence-electron chi connectivity index (χ2n) is 2.36. The number of allylic oxidation sites excluding steroid dienone is 2. The van der Waals surface area contributed by atoms with Gasteiger partial charge in [0.2, 0.25) is 0 Å². The van der Waals surface area contributed by atoms with Crippen molar-refractivity contribution in [2.45, 2.75) is 19.4 Å². The van der Waals surface area contributed by atoms with Gasteiger partial charge in [0.15, 0.2) is 0 Å². The second-order valence-corrected chi connectivity index (χ2v) is 2.36. The lowest BCUT2D eigenvalue weighted by molar-refractivity contribution is 0.374. The van der Waals surface area contributed by atoms with Crippen LogP contribution in [0.3, 0.4) is 0 Å². The van der Waals surface area contributed by atoms with E-state index in [-0.39, 0.29) is 6.04 Å². The van der Waals surface area contributed by atoms with Gasteiger partial charge in [0.25, 0.3) is 0 Å². The van der Waals surface area contributed by atoms with Crippen LogP contribution in [0.15, 0.2) is 23.5 Å². The molecule has 0 aromatic heterocycles. The van der Waals surface area contributed by atoms with Crippen molar-refractivity contribution in [2.75, 3.05) is 0 Å². The first-order valence-electron chi connectivity index (χ1n) is 3.02. The molecule has 2 heteroatoms. The van der Waals surface area contributed by atoms with E-state index in [0.717, 1.165) is 5.57 Å². The Morgan fingerprint density at radius 2 is 2.44 bits per heavy atom. The van der Waals surface area contributed by atoms with Crippen molar-refractivity contribution in [3.63, 3.8) is 0 Å². The number of aliphatic hydroxyl groups excluding tert-OH is 1. The molecule has 0 saturated heterocycles. The molecule has 0 saturated carbocycles. The molecule has 0 aromatic carbocycles. The SMILES string of the molecule is CC1=C(O)C[C@H](N)C=C1. The number of aliphatic hydroxyl groups is 1. The van der Waals surface area contributed by atoms with E-state index in [2.05, 4.69) is 0 Å². The summed E-state index contributed by atoms with van der Waals surface area (Å²) in [5, 5.41) is 9.10. The molecule has 1 rings (SSSR count). The van der Waals surface area contributed by atoms with Crippen molar-refractivity contribution in [3.05, 3.63) is 23.5 Å². The molecule has 0 fully saturated rings. The van der Waals surface area contributed by atoms with Crippen LogP contribution in [0.25, 0.3) is 0 Å². The highest BCUT2D eigenvalue weighted by atomic mass is 16.3. The molecule has 0 radical (unpaired) electrons. The van der Waals surface area contributed by atoms with Crippen molar-refractivity contribution < 1.29 is 5.11 Å². The molecule has 0 heterocycles. The van der Waals surface area contributed by atoms with E-state index in [1.807, 2.05) is 19.1 Å². The highest BCUT2D eigenvalue weighted by molar-refractivity contribution is 5.26. The van der Waals surface area contributed by atoms with Crippen LogP contribution >= 0.6 is 0 Å². The van der Waals surface area contributed by atoms with Crippen molar-refractivity contribution >= 4 is 0 Å². The normalized spacial score (nSPS) is 27.1. The molecule has 1 aliphatic rings. The summed E-state index contributed by atoms with van der Waals surface area (Å²) in [5.74, 6) is 0.421. The average molecular weight is 125 g/mol. The van der Waals surface area contributed by atoms with E-state index in [1.54, 1.807) is 0 Å². The average Bonchev–Trinajstić information content (AvgIpc) is 1.80. The Morgan fingerprint density at radius 3 is 2.89 bits per heavy atom. The summed E-state index contributed by atoms with van der Waals surface area (Å²) in [4.78, 5) is 0. The molecule has 1 aliphatic carbocycles. The Kier molecular flexibility index (Phi) is 1.58. The predicted octanol–water partition coefficient (Wildman–Crippen LogP) is 1.11. The third-order valence-corrected chi connectivity index (χ3v) is 1.48. The first kappa shape index (κ1) is 6.36. The van der Waals surface area contributed by atoms with Gasteiger partial charge in [-0.1, -0.05) is 12.2 Å². The third-order valence-electron chi connectivity index (χ3n) is 1.48. The summed E-state index contributed by atoms with van der Waals surface area (Å²) in [6, 6.07) is 0.00806. The smallest absolute Gasteiger partial charge is 0.0970 e. The zero-order chi connectivity index (χ0) is 6.85. The fourth-order valence-electron chi connectivity index (χ4n) is 0.816. The molecule has 0 amide bonds. The maximum Gasteiger partial charge on any atom is 0.0970 e. The van der Waals surface area contributed by atoms with Gasteiger partial charge >= 0.3 is 0 Å². The van der Waals surface area contributed by atoms with Gasteiger partial charge in [-0.15, -0.1) is 0 Å². The molecular formula is C7H11NO. The van der Waals surface area contributed by atoms with Gasteiger partial charge in [-0.05, 0) is 12.5 Å². The lowest BCUT2D eigenvalue weighted by Crippen LogP contribution is -2.19. The number of hydrogen-bond donors (Lipinski definition) is 2. The van der Waals surface area contributed by atoms with Gasteiger partial charge < -0.3 is 10.8 Å². The molecule has 1 atom stereocenters. The van der Waals surface area contributed by atoms with E-state index in [1.165, 1.54) is 0 Å². The Morgan fingerprint density at radius 1 is 1.78 bits per heavy atom. The van der Waals surface area contributed by atoms with Gasteiger partial charge in [0.1, 0.15) is 0 Å². The van der Waals surface area contributed by atoms with Gasteiger partial charge in [-0.2, -0.15) is 0 Å². The molecular weight excluding hydrogens is 114 g/mol. The van der Waals surface area contributed by atoms with E-state index >= 15 is 0 Å². The van der Waals surface area contributed by atoms with Gasteiger partial charge in [0.05, 0.1) is 5.76 Å². The second kappa shape index (κ2) is 2.23. The number of nitrogens with two attached hydrogens (primary N) is 1. The van der Waals surface area contributed by atoms with Gasteiger partial charge in [-0.3, -0.25) is 0 Å². The Labute approximate surface area is 54.7 Å². The van der Waals surface area contributed by atoms with Crippen LogP contribution in [-0.2, 0) is 0 Å². The monoisotopic (exact) mass is 125 g/mol. The van der Waals surface area contributed by atoms with E-state index < -0.39 is 0 Å². The van der Waals surface area contributed by atoms with Crippen molar-refractivity contribution in [3.8, 4) is 0 Å². The minimum Gasteiger partial charge on any atom is -0.512 e. The third kappa shape index (κ3) is 1.33. The zero-order valence-corrected chi connectivity index (χ0v) is 5.46. The van der Waals surface area contributed by atoms with Crippen LogP contribution in [0, 0.1) is 0 Å². The first-order chi connectivity index (χ1) is 4.20. The van der Waals surface area contributed by atoms with Crippen LogP contribution in [0.4, 0.5) is 0 Å². The fraction of sp³-hybridized carbons (Fsp3) is 0.429. The van der Waals surface area contributed by atoms with Gasteiger partial charge in [-0.25, -0.2) is 0 Å². The van der Waals surface area contributed by atoms with Crippen LogP contribution in [0.5, 0.6) is 0 Å². The standard InChI is InChI=1S/C7H11NO/c1-5-2-3-6(8)4-7(5)9/h2-3,6,9H,4,8H2,1H3/t6-/m1/s1. The van der Waals surface area contributed by atoms with Crippen LogP contribution in [0.2, 0.25) is 0 Å². The fourth-order valence-corrected chi connectivity index (χ4v) is 0.816. The molecule has 0 aromatic rings. The maximum atomic E-state index is 9.10. The Hall–Kier alpha value is -0.760. The minimum absolute atomic E-state index is 0.00806. The largest absolute Gasteiger partial charge is 0.512 e. The lowest BCUT2D eigenvalue weighted by Gasteiger charge is -2.12. The molecule has 50 valence electrons. The summed E-state index contributed by atoms with van der Waals surface area (Å²) >= 11 is 0. The first-order valence-corrected chi connectivity index (χ1v) is 3.02. The summed E-state index contributed by atoms with van der Waals surface area (Å²) in [5.41, 5.74) is 6.43. The minimum atomic E-state index is 0.00806. The number of hydrogen-bond acceptors (Lipinski definition) is 2. The molecule has 0 aliphatic heterocycles.